The van der Waals surface area contributed by atoms with Crippen LogP contribution in [0.2, 0.25) is 0 Å². The number of hydrogen-bond donors (Lipinski definition) is 1. The van der Waals surface area contributed by atoms with E-state index in [1.165, 1.54) is 22.7 Å². The molecule has 0 saturated carbocycles. The van der Waals surface area contributed by atoms with Gasteiger partial charge in [-0.1, -0.05) is 42.5 Å². The molecule has 6 rings (SSSR count). The Labute approximate surface area is 208 Å². The second-order valence-corrected chi connectivity index (χ2v) is 11.4. The second-order valence-electron chi connectivity index (χ2n) is 9.49. The number of quaternary nitrogens is 1. The summed E-state index contributed by atoms with van der Waals surface area (Å²) in [6.45, 7) is 2.72. The molecule has 5 nitrogen and oxygen atoms in total. The van der Waals surface area contributed by atoms with Crippen molar-refractivity contribution in [1.82, 2.24) is 0 Å². The van der Waals surface area contributed by atoms with E-state index in [1.54, 1.807) is 12.1 Å². The molecule has 3 saturated heterocycles. The first-order valence-electron chi connectivity index (χ1n) is 12.0. The monoisotopic (exact) mass is 496 g/mol. The van der Waals surface area contributed by atoms with Gasteiger partial charge in [0, 0.05) is 37.7 Å². The van der Waals surface area contributed by atoms with Gasteiger partial charge in [0.15, 0.2) is 5.78 Å². The lowest BCUT2D eigenvalue weighted by Crippen LogP contribution is -2.66. The third-order valence-corrected chi connectivity index (χ3v) is 9.47. The fraction of sp³-hybridized carbons (Fsp3) is 0.407. The molecule has 7 heteroatoms. The minimum Gasteiger partial charge on any atom is -0.410 e. The molecule has 3 fully saturated rings. The van der Waals surface area contributed by atoms with Crippen molar-refractivity contribution in [3.8, 4) is 0 Å². The van der Waals surface area contributed by atoms with Crippen molar-refractivity contribution in [2.75, 3.05) is 19.6 Å². The van der Waals surface area contributed by atoms with E-state index >= 15 is 0 Å². The van der Waals surface area contributed by atoms with Gasteiger partial charge in [-0.25, -0.2) is 4.79 Å². The van der Waals surface area contributed by atoms with Crippen LogP contribution in [0.25, 0.3) is 0 Å². The zero-order chi connectivity index (χ0) is 23.6. The number of aliphatic hydroxyl groups is 1. The Kier molecular flexibility index (Phi) is 6.71. The summed E-state index contributed by atoms with van der Waals surface area (Å²) in [7, 11) is 0. The van der Waals surface area contributed by atoms with Gasteiger partial charge < -0.3 is 9.84 Å². The van der Waals surface area contributed by atoms with E-state index in [9.17, 15) is 14.7 Å². The van der Waals surface area contributed by atoms with E-state index in [1.807, 2.05) is 53.2 Å². The van der Waals surface area contributed by atoms with Crippen molar-refractivity contribution in [3.63, 3.8) is 0 Å². The number of nitrogens with zero attached hydrogens (tertiary/aromatic N) is 1. The Bertz CT molecular complexity index is 1070. The topological polar surface area (TPSA) is 63.6 Å². The first-order valence-corrected chi connectivity index (χ1v) is 13.7. The molecule has 0 aliphatic carbocycles. The fourth-order valence-electron chi connectivity index (χ4n) is 5.52. The molecule has 5 heterocycles. The van der Waals surface area contributed by atoms with E-state index < -0.39 is 11.6 Å². The Morgan fingerprint density at radius 2 is 1.62 bits per heavy atom. The number of esters is 1. The predicted molar refractivity (Wildman–Crippen MR) is 134 cm³/mol. The highest BCUT2D eigenvalue weighted by atomic mass is 32.1. The first-order chi connectivity index (χ1) is 16.5. The van der Waals surface area contributed by atoms with Crippen molar-refractivity contribution >= 4 is 34.4 Å². The molecule has 178 valence electrons. The molecular weight excluding hydrogens is 466 g/mol. The number of hydrogen-bond acceptors (Lipinski definition) is 6. The van der Waals surface area contributed by atoms with Crippen LogP contribution in [0.5, 0.6) is 0 Å². The lowest BCUT2D eigenvalue weighted by molar-refractivity contribution is -0.984. The lowest BCUT2D eigenvalue weighted by atomic mass is 9.84. The summed E-state index contributed by atoms with van der Waals surface area (Å²) in [4.78, 5) is 27.4. The van der Waals surface area contributed by atoms with Gasteiger partial charge in [-0.05, 0) is 28.8 Å². The van der Waals surface area contributed by atoms with Crippen LogP contribution in [-0.2, 0) is 15.1 Å². The minimum atomic E-state index is -1.78. The molecule has 3 aliphatic rings. The SMILES string of the molecule is O=C(CCC[N+]12CCC(CC1)C[C@H]2OC(=O)C(O)(c1cccs1)c1cccs1)c1ccccc1. The maximum atomic E-state index is 13.6. The molecule has 1 aromatic carbocycles. The molecule has 3 aromatic rings. The normalized spacial score (nSPS) is 24.1. The fourth-order valence-corrected chi connectivity index (χ4v) is 7.23. The Morgan fingerprint density at radius 1 is 0.971 bits per heavy atom. The molecule has 0 amide bonds. The zero-order valence-electron chi connectivity index (χ0n) is 19.1. The maximum Gasteiger partial charge on any atom is 0.353 e. The van der Waals surface area contributed by atoms with Gasteiger partial charge in [-0.2, -0.15) is 0 Å². The number of carbonyl (C=O) groups excluding carboxylic acids is 2. The van der Waals surface area contributed by atoms with Crippen molar-refractivity contribution in [2.24, 2.45) is 5.92 Å². The van der Waals surface area contributed by atoms with Crippen molar-refractivity contribution in [1.29, 1.82) is 0 Å². The molecule has 2 aromatic heterocycles. The van der Waals surface area contributed by atoms with Crippen LogP contribution in [-0.4, -0.2) is 47.2 Å². The van der Waals surface area contributed by atoms with Crippen LogP contribution < -0.4 is 0 Å². The third kappa shape index (κ3) is 4.38. The van der Waals surface area contributed by atoms with Crippen LogP contribution in [0.1, 0.15) is 52.2 Å². The molecular formula is C27H30NO4S2+. The van der Waals surface area contributed by atoms with Crippen LogP contribution >= 0.6 is 22.7 Å². The Morgan fingerprint density at radius 3 is 2.21 bits per heavy atom. The first kappa shape index (κ1) is 23.4. The van der Waals surface area contributed by atoms with Gasteiger partial charge in [0.05, 0.1) is 29.4 Å². The standard InChI is InChI=1S/C27H30NO4S2/c29-22(21-7-2-1-3-8-21)9-4-14-28-15-12-20(13-16-28)19-25(28)32-26(30)27(31,23-10-5-17-33-23)24-11-6-18-34-24/h1-3,5-8,10-11,17-18,20,25,31H,4,9,12-16,19H2/q+1/t20?,25-,28?/m1/s1. The molecule has 0 unspecified atom stereocenters. The van der Waals surface area contributed by atoms with Gasteiger partial charge in [-0.3, -0.25) is 9.28 Å². The van der Waals surface area contributed by atoms with Crippen LogP contribution in [0.15, 0.2) is 65.4 Å². The average Bonchev–Trinajstić information content (AvgIpc) is 3.60. The quantitative estimate of drug-likeness (QED) is 0.251. The smallest absolute Gasteiger partial charge is 0.353 e. The van der Waals surface area contributed by atoms with E-state index in [2.05, 4.69) is 0 Å². The Hall–Kier alpha value is -2.32. The van der Waals surface area contributed by atoms with Gasteiger partial charge >= 0.3 is 5.97 Å². The van der Waals surface area contributed by atoms with Crippen molar-refractivity contribution in [3.05, 3.63) is 80.7 Å². The van der Waals surface area contributed by atoms with Crippen molar-refractivity contribution < 1.29 is 23.9 Å². The maximum absolute atomic E-state index is 13.6. The number of fused-ring (bicyclic) bond motifs is 3. The molecule has 2 bridgehead atoms. The molecule has 3 aliphatic heterocycles. The number of ketones is 1. The minimum absolute atomic E-state index is 0.156. The van der Waals surface area contributed by atoms with Gasteiger partial charge in [-0.15, -0.1) is 22.7 Å². The summed E-state index contributed by atoms with van der Waals surface area (Å²) in [6, 6.07) is 16.7. The molecule has 1 N–H and O–H groups in total. The summed E-state index contributed by atoms with van der Waals surface area (Å²) in [5.74, 6) is 0.122. The molecule has 0 radical (unpaired) electrons. The molecule has 34 heavy (non-hydrogen) atoms. The molecule has 0 spiro atoms. The van der Waals surface area contributed by atoms with Gasteiger partial charge in [0.25, 0.3) is 0 Å². The summed E-state index contributed by atoms with van der Waals surface area (Å²) in [5.41, 5.74) is -1.03. The predicted octanol–water partition coefficient (Wildman–Crippen LogP) is 5.21. The number of Topliss-reactive ketones (excluding diaryl/α,β-unsaturated/α-hetero) is 1. The van der Waals surface area contributed by atoms with Gasteiger partial charge in [0.1, 0.15) is 0 Å². The lowest BCUT2D eigenvalue weighted by Gasteiger charge is -2.53. The highest BCUT2D eigenvalue weighted by Crippen LogP contribution is 2.42. The summed E-state index contributed by atoms with van der Waals surface area (Å²) in [6.07, 6.45) is 4.04. The highest BCUT2D eigenvalue weighted by Gasteiger charge is 2.52. The number of rotatable bonds is 9. The number of carbonyl (C=O) groups is 2. The van der Waals surface area contributed by atoms with E-state index in [-0.39, 0.29) is 12.0 Å². The van der Waals surface area contributed by atoms with Crippen molar-refractivity contribution in [2.45, 2.75) is 43.9 Å². The summed E-state index contributed by atoms with van der Waals surface area (Å²) >= 11 is 2.72. The number of piperidine rings is 3. The van der Waals surface area contributed by atoms with E-state index in [0.717, 1.165) is 50.9 Å². The summed E-state index contributed by atoms with van der Waals surface area (Å²) < 4.78 is 6.90. The van der Waals surface area contributed by atoms with Gasteiger partial charge in [0.2, 0.25) is 11.8 Å². The third-order valence-electron chi connectivity index (χ3n) is 7.51. The number of benzene rings is 1. The largest absolute Gasteiger partial charge is 0.410 e. The Balaban J connectivity index is 1.32. The zero-order valence-corrected chi connectivity index (χ0v) is 20.7. The van der Waals surface area contributed by atoms with Crippen LogP contribution in [0, 0.1) is 5.92 Å². The number of ether oxygens (including phenoxy) is 1. The summed E-state index contributed by atoms with van der Waals surface area (Å²) in [5, 5.41) is 15.4. The average molecular weight is 497 g/mol. The highest BCUT2D eigenvalue weighted by molar-refractivity contribution is 7.12. The molecule has 1 atom stereocenters. The van der Waals surface area contributed by atoms with Crippen LogP contribution in [0.3, 0.4) is 0 Å². The van der Waals surface area contributed by atoms with Crippen LogP contribution in [0.4, 0.5) is 0 Å². The van der Waals surface area contributed by atoms with E-state index in [4.69, 9.17) is 4.74 Å². The van der Waals surface area contributed by atoms with E-state index in [0.29, 0.717) is 26.6 Å². The number of thiophene rings is 2. The second kappa shape index (κ2) is 9.74.